The van der Waals surface area contributed by atoms with E-state index in [-0.39, 0.29) is 11.8 Å². The molecule has 0 bridgehead atoms. The van der Waals surface area contributed by atoms with Gasteiger partial charge in [-0.15, -0.1) is 10.2 Å². The third kappa shape index (κ3) is 3.60. The zero-order chi connectivity index (χ0) is 18.7. The SMILES string of the molecule is CN(C)Cc1nnc([C@@H]2CCCN(C(=O)C3(C#N)CCOCC3)C2)n1C. The van der Waals surface area contributed by atoms with Crippen LogP contribution in [0, 0.1) is 16.7 Å². The van der Waals surface area contributed by atoms with Gasteiger partial charge in [-0.05, 0) is 39.8 Å². The van der Waals surface area contributed by atoms with E-state index in [1.54, 1.807) is 0 Å². The summed E-state index contributed by atoms with van der Waals surface area (Å²) >= 11 is 0. The van der Waals surface area contributed by atoms with Crippen LogP contribution in [0.3, 0.4) is 0 Å². The van der Waals surface area contributed by atoms with E-state index in [1.165, 1.54) is 0 Å². The molecule has 1 amide bonds. The predicted octanol–water partition coefficient (Wildman–Crippen LogP) is 0.903. The molecule has 3 rings (SSSR count). The van der Waals surface area contributed by atoms with Crippen molar-refractivity contribution in [3.05, 3.63) is 11.6 Å². The maximum Gasteiger partial charge on any atom is 0.243 e. The van der Waals surface area contributed by atoms with Gasteiger partial charge in [0.1, 0.15) is 17.1 Å². The van der Waals surface area contributed by atoms with E-state index in [0.29, 0.717) is 39.1 Å². The molecule has 1 aromatic heterocycles. The molecular formula is C18H28N6O2. The van der Waals surface area contributed by atoms with Gasteiger partial charge < -0.3 is 19.1 Å². The fraction of sp³-hybridized carbons (Fsp3) is 0.778. The summed E-state index contributed by atoms with van der Waals surface area (Å²) in [6, 6.07) is 2.30. The van der Waals surface area contributed by atoms with Crippen molar-refractivity contribution in [2.45, 2.75) is 38.1 Å². The van der Waals surface area contributed by atoms with Crippen LogP contribution in [-0.4, -0.2) is 70.9 Å². The number of hydrogen-bond acceptors (Lipinski definition) is 6. The zero-order valence-corrected chi connectivity index (χ0v) is 15.9. The van der Waals surface area contributed by atoms with Crippen LogP contribution in [0.5, 0.6) is 0 Å². The molecule has 8 heteroatoms. The van der Waals surface area contributed by atoms with Crippen molar-refractivity contribution >= 4 is 5.91 Å². The standard InChI is InChI=1S/C18H28N6O2/c1-22(2)12-15-20-21-16(23(15)3)14-5-4-8-24(11-14)17(25)18(13-19)6-9-26-10-7-18/h14H,4-12H2,1-3H3/t14-/m1/s1. The van der Waals surface area contributed by atoms with E-state index in [1.807, 2.05) is 30.6 Å². The van der Waals surface area contributed by atoms with Gasteiger partial charge in [-0.2, -0.15) is 5.26 Å². The Hall–Kier alpha value is -1.98. The van der Waals surface area contributed by atoms with Gasteiger partial charge in [0.2, 0.25) is 5.91 Å². The van der Waals surface area contributed by atoms with Crippen LogP contribution in [-0.2, 0) is 23.1 Å². The van der Waals surface area contributed by atoms with Gasteiger partial charge in [-0.25, -0.2) is 0 Å². The molecule has 0 N–H and O–H groups in total. The number of likely N-dealkylation sites (tertiary alicyclic amines) is 1. The minimum absolute atomic E-state index is 0.0383. The molecule has 3 heterocycles. The molecule has 0 aromatic carbocycles. The Morgan fingerprint density at radius 2 is 2.12 bits per heavy atom. The molecule has 0 aliphatic carbocycles. The summed E-state index contributed by atoms with van der Waals surface area (Å²) in [7, 11) is 6.00. The average Bonchev–Trinajstić information content (AvgIpc) is 3.01. The Bertz CT molecular complexity index is 686. The highest BCUT2D eigenvalue weighted by Crippen LogP contribution is 2.35. The van der Waals surface area contributed by atoms with Crippen molar-refractivity contribution in [1.29, 1.82) is 5.26 Å². The lowest BCUT2D eigenvalue weighted by Crippen LogP contribution is -2.49. The Morgan fingerprint density at radius 3 is 2.77 bits per heavy atom. The smallest absolute Gasteiger partial charge is 0.243 e. The van der Waals surface area contributed by atoms with Gasteiger partial charge in [-0.1, -0.05) is 0 Å². The number of aromatic nitrogens is 3. The van der Waals surface area contributed by atoms with Crippen LogP contribution < -0.4 is 0 Å². The van der Waals surface area contributed by atoms with Crippen molar-refractivity contribution in [3.63, 3.8) is 0 Å². The summed E-state index contributed by atoms with van der Waals surface area (Å²) in [6.45, 7) is 3.01. The number of piperidine rings is 1. The first-order chi connectivity index (χ1) is 12.5. The highest BCUT2D eigenvalue weighted by molar-refractivity contribution is 5.85. The fourth-order valence-electron chi connectivity index (χ4n) is 3.92. The molecule has 0 spiro atoms. The van der Waals surface area contributed by atoms with Crippen molar-refractivity contribution in [2.75, 3.05) is 40.4 Å². The molecule has 142 valence electrons. The maximum atomic E-state index is 13.1. The zero-order valence-electron chi connectivity index (χ0n) is 15.9. The van der Waals surface area contributed by atoms with Crippen molar-refractivity contribution in [3.8, 4) is 6.07 Å². The summed E-state index contributed by atoms with van der Waals surface area (Å²) in [5, 5.41) is 18.4. The average molecular weight is 360 g/mol. The lowest BCUT2D eigenvalue weighted by Gasteiger charge is -2.38. The molecule has 26 heavy (non-hydrogen) atoms. The first-order valence-corrected chi connectivity index (χ1v) is 9.28. The molecule has 2 aliphatic heterocycles. The molecule has 0 saturated carbocycles. The summed E-state index contributed by atoms with van der Waals surface area (Å²) in [6.07, 6.45) is 2.88. The topological polar surface area (TPSA) is 87.3 Å². The van der Waals surface area contributed by atoms with Gasteiger partial charge in [0.25, 0.3) is 0 Å². The van der Waals surface area contributed by atoms with Crippen molar-refractivity contribution in [2.24, 2.45) is 12.5 Å². The van der Waals surface area contributed by atoms with E-state index >= 15 is 0 Å². The van der Waals surface area contributed by atoms with Crippen LogP contribution in [0.25, 0.3) is 0 Å². The molecule has 2 saturated heterocycles. The second-order valence-electron chi connectivity index (χ2n) is 7.67. The van der Waals surface area contributed by atoms with Crippen molar-refractivity contribution in [1.82, 2.24) is 24.6 Å². The quantitative estimate of drug-likeness (QED) is 0.793. The first-order valence-electron chi connectivity index (χ1n) is 9.28. The Balaban J connectivity index is 1.74. The minimum Gasteiger partial charge on any atom is -0.381 e. The lowest BCUT2D eigenvalue weighted by atomic mass is 9.79. The molecule has 2 fully saturated rings. The first kappa shape index (κ1) is 18.8. The molecule has 8 nitrogen and oxygen atoms in total. The van der Waals surface area contributed by atoms with Gasteiger partial charge in [0.05, 0.1) is 12.6 Å². The molecule has 0 unspecified atom stereocenters. The van der Waals surface area contributed by atoms with Crippen LogP contribution in [0.15, 0.2) is 0 Å². The molecule has 0 radical (unpaired) electrons. The van der Waals surface area contributed by atoms with E-state index < -0.39 is 5.41 Å². The summed E-state index contributed by atoms with van der Waals surface area (Å²) in [4.78, 5) is 17.0. The van der Waals surface area contributed by atoms with Crippen LogP contribution >= 0.6 is 0 Å². The van der Waals surface area contributed by atoms with E-state index in [0.717, 1.165) is 31.0 Å². The fourth-order valence-corrected chi connectivity index (χ4v) is 3.92. The van der Waals surface area contributed by atoms with Crippen molar-refractivity contribution < 1.29 is 9.53 Å². The Kier molecular flexibility index (Phi) is 5.58. The summed E-state index contributed by atoms with van der Waals surface area (Å²) in [5.74, 6) is 1.98. The van der Waals surface area contributed by atoms with Gasteiger partial charge in [-0.3, -0.25) is 4.79 Å². The monoisotopic (exact) mass is 360 g/mol. The number of carbonyl (C=O) groups is 1. The second kappa shape index (κ2) is 7.72. The number of hydrogen-bond donors (Lipinski definition) is 0. The minimum atomic E-state index is -0.921. The predicted molar refractivity (Wildman–Crippen MR) is 95.0 cm³/mol. The third-order valence-corrected chi connectivity index (χ3v) is 5.50. The highest BCUT2D eigenvalue weighted by atomic mass is 16.5. The summed E-state index contributed by atoms with van der Waals surface area (Å²) < 4.78 is 7.41. The normalized spacial score (nSPS) is 23.0. The second-order valence-corrected chi connectivity index (χ2v) is 7.67. The number of nitrogens with zero attached hydrogens (tertiary/aromatic N) is 6. The maximum absolute atomic E-state index is 13.1. The highest BCUT2D eigenvalue weighted by Gasteiger charge is 2.44. The van der Waals surface area contributed by atoms with Gasteiger partial charge in [0, 0.05) is 39.3 Å². The number of carbonyl (C=O) groups excluding carboxylic acids is 1. The number of amides is 1. The Labute approximate surface area is 154 Å². The number of rotatable bonds is 4. The van der Waals surface area contributed by atoms with Gasteiger partial charge >= 0.3 is 0 Å². The summed E-state index contributed by atoms with van der Waals surface area (Å²) in [5.41, 5.74) is -0.921. The molecule has 1 aromatic rings. The third-order valence-electron chi connectivity index (χ3n) is 5.50. The van der Waals surface area contributed by atoms with Crippen LogP contribution in [0.4, 0.5) is 0 Å². The van der Waals surface area contributed by atoms with E-state index in [4.69, 9.17) is 4.74 Å². The Morgan fingerprint density at radius 1 is 1.38 bits per heavy atom. The van der Waals surface area contributed by atoms with Crippen LogP contribution in [0.2, 0.25) is 0 Å². The van der Waals surface area contributed by atoms with Crippen LogP contribution in [0.1, 0.15) is 43.3 Å². The number of ether oxygens (including phenoxy) is 1. The lowest BCUT2D eigenvalue weighted by molar-refractivity contribution is -0.144. The van der Waals surface area contributed by atoms with E-state index in [9.17, 15) is 10.1 Å². The molecular weight excluding hydrogens is 332 g/mol. The van der Waals surface area contributed by atoms with E-state index in [2.05, 4.69) is 21.2 Å². The molecule has 1 atom stereocenters. The largest absolute Gasteiger partial charge is 0.381 e. The van der Waals surface area contributed by atoms with Gasteiger partial charge in [0.15, 0.2) is 0 Å². The molecule has 2 aliphatic rings. The number of nitriles is 1.